The number of carbonyl (C=O) groups excluding carboxylic acids is 2. The predicted molar refractivity (Wildman–Crippen MR) is 100 cm³/mol. The van der Waals surface area contributed by atoms with Crippen molar-refractivity contribution in [1.29, 1.82) is 0 Å². The molecule has 1 aromatic heterocycles. The molecule has 2 aromatic rings. The minimum absolute atomic E-state index is 0.0183. The van der Waals surface area contributed by atoms with E-state index in [1.54, 1.807) is 24.3 Å². The number of rotatable bonds is 5. The van der Waals surface area contributed by atoms with Gasteiger partial charge in [-0.05, 0) is 30.5 Å². The quantitative estimate of drug-likeness (QED) is 0.747. The topological polar surface area (TPSA) is 75.9 Å². The van der Waals surface area contributed by atoms with E-state index in [4.69, 9.17) is 9.26 Å². The number of ether oxygens (including phenoxy) is 1. The Hall–Kier alpha value is -2.97. The van der Waals surface area contributed by atoms with Crippen molar-refractivity contribution in [2.75, 3.05) is 26.7 Å². The van der Waals surface area contributed by atoms with Crippen LogP contribution in [0.15, 0.2) is 34.9 Å². The van der Waals surface area contributed by atoms with E-state index in [0.29, 0.717) is 17.1 Å². The first-order valence-corrected chi connectivity index (χ1v) is 9.89. The minimum atomic E-state index is -2.77. The van der Waals surface area contributed by atoms with Gasteiger partial charge in [-0.15, -0.1) is 0 Å². The second-order valence-electron chi connectivity index (χ2n) is 8.33. The zero-order valence-corrected chi connectivity index (χ0v) is 16.4. The van der Waals surface area contributed by atoms with E-state index >= 15 is 8.78 Å². The lowest BCUT2D eigenvalue weighted by atomic mass is 9.93. The maximum atomic E-state index is 15.6. The summed E-state index contributed by atoms with van der Waals surface area (Å²) >= 11 is 0. The summed E-state index contributed by atoms with van der Waals surface area (Å²) in [4.78, 5) is 27.7. The van der Waals surface area contributed by atoms with Gasteiger partial charge < -0.3 is 19.1 Å². The average Bonchev–Trinajstić information content (AvgIpc) is 3.36. The lowest BCUT2D eigenvalue weighted by molar-refractivity contribution is -0.139. The van der Waals surface area contributed by atoms with Crippen molar-refractivity contribution >= 4 is 11.8 Å². The highest BCUT2D eigenvalue weighted by Crippen LogP contribution is 2.46. The summed E-state index contributed by atoms with van der Waals surface area (Å²) in [6, 6.07) is 8.51. The number of aromatic nitrogens is 1. The SMILES string of the molecule is COc1cccc(CN2C[C@@]3(F)CN(C(=O)c4cc(C5CC5)on4)C[C@@]3(F)C2=O)c1. The van der Waals surface area contributed by atoms with Gasteiger partial charge in [0.05, 0.1) is 26.7 Å². The number of methoxy groups -OCH3 is 1. The van der Waals surface area contributed by atoms with E-state index in [1.165, 1.54) is 13.2 Å². The van der Waals surface area contributed by atoms with Crippen LogP contribution in [0.3, 0.4) is 0 Å². The van der Waals surface area contributed by atoms with Crippen LogP contribution in [-0.2, 0) is 11.3 Å². The van der Waals surface area contributed by atoms with Gasteiger partial charge in [-0.25, -0.2) is 8.78 Å². The van der Waals surface area contributed by atoms with Gasteiger partial charge in [0.25, 0.3) is 11.8 Å². The monoisotopic (exact) mass is 417 g/mol. The molecule has 1 aromatic carbocycles. The molecule has 9 heteroatoms. The summed E-state index contributed by atoms with van der Waals surface area (Å²) in [6.07, 6.45) is 1.96. The second kappa shape index (κ2) is 6.52. The zero-order valence-electron chi connectivity index (χ0n) is 16.4. The predicted octanol–water partition coefficient (Wildman–Crippen LogP) is 2.48. The Morgan fingerprint density at radius 2 is 2.07 bits per heavy atom. The summed E-state index contributed by atoms with van der Waals surface area (Å²) in [5, 5.41) is 3.75. The van der Waals surface area contributed by atoms with E-state index in [0.717, 1.165) is 22.6 Å². The molecule has 158 valence electrons. The summed E-state index contributed by atoms with van der Waals surface area (Å²) in [7, 11) is 1.52. The van der Waals surface area contributed by atoms with Crippen LogP contribution in [0.1, 0.15) is 40.6 Å². The number of benzene rings is 1. The number of hydrogen-bond acceptors (Lipinski definition) is 5. The highest BCUT2D eigenvalue weighted by Gasteiger charge is 2.71. The molecule has 30 heavy (non-hydrogen) atoms. The summed E-state index contributed by atoms with van der Waals surface area (Å²) in [5.41, 5.74) is -4.52. The van der Waals surface area contributed by atoms with Crippen molar-refractivity contribution in [3.63, 3.8) is 0 Å². The number of halogens is 2. The Kier molecular flexibility index (Phi) is 4.13. The standard InChI is InChI=1S/C21H21F2N3O4/c1-29-15-4-2-3-13(7-15)9-25-10-20(22)11-26(12-21(20,23)19(25)28)18(27)16-8-17(30-24-16)14-5-6-14/h2-4,7-8,14H,5-6,9-12H2,1H3/t20-,21-/m1/s1. The van der Waals surface area contributed by atoms with Crippen molar-refractivity contribution in [2.45, 2.75) is 36.6 Å². The first kappa shape index (κ1) is 19.0. The molecule has 0 bridgehead atoms. The van der Waals surface area contributed by atoms with E-state index < -0.39 is 42.8 Å². The molecule has 1 aliphatic carbocycles. The van der Waals surface area contributed by atoms with E-state index in [9.17, 15) is 9.59 Å². The van der Waals surface area contributed by atoms with Gasteiger partial charge in [0.15, 0.2) is 11.4 Å². The highest BCUT2D eigenvalue weighted by atomic mass is 19.2. The fourth-order valence-electron chi connectivity index (χ4n) is 4.32. The summed E-state index contributed by atoms with van der Waals surface area (Å²) in [5.74, 6) is -0.0885. The molecule has 3 fully saturated rings. The maximum absolute atomic E-state index is 15.6. The molecule has 0 N–H and O–H groups in total. The van der Waals surface area contributed by atoms with Crippen LogP contribution in [-0.4, -0.2) is 64.9 Å². The van der Waals surface area contributed by atoms with Crippen LogP contribution in [0, 0.1) is 0 Å². The molecule has 0 unspecified atom stereocenters. The Labute approximate surface area is 171 Å². The van der Waals surface area contributed by atoms with Crippen molar-refractivity contribution < 1.29 is 27.6 Å². The number of carbonyl (C=O) groups is 2. The summed E-state index contributed by atoms with van der Waals surface area (Å²) in [6.45, 7) is -1.50. The third-order valence-corrected chi connectivity index (χ3v) is 6.15. The van der Waals surface area contributed by atoms with Crippen LogP contribution in [0.2, 0.25) is 0 Å². The van der Waals surface area contributed by atoms with E-state index in [1.807, 2.05) is 0 Å². The van der Waals surface area contributed by atoms with Gasteiger partial charge in [-0.1, -0.05) is 17.3 Å². The van der Waals surface area contributed by atoms with Gasteiger partial charge in [-0.3, -0.25) is 9.59 Å². The maximum Gasteiger partial charge on any atom is 0.276 e. The van der Waals surface area contributed by atoms with Gasteiger partial charge in [0.1, 0.15) is 11.5 Å². The van der Waals surface area contributed by atoms with Gasteiger partial charge >= 0.3 is 0 Å². The largest absolute Gasteiger partial charge is 0.497 e. The molecule has 7 nitrogen and oxygen atoms in total. The summed E-state index contributed by atoms with van der Waals surface area (Å²) < 4.78 is 41.5. The molecule has 3 heterocycles. The van der Waals surface area contributed by atoms with Crippen molar-refractivity contribution in [2.24, 2.45) is 0 Å². The van der Waals surface area contributed by atoms with Crippen LogP contribution >= 0.6 is 0 Å². The molecule has 0 spiro atoms. The Morgan fingerprint density at radius 3 is 2.77 bits per heavy atom. The molecule has 3 aliphatic rings. The van der Waals surface area contributed by atoms with Crippen molar-refractivity contribution in [1.82, 2.24) is 15.0 Å². The van der Waals surface area contributed by atoms with E-state index in [-0.39, 0.29) is 18.2 Å². The van der Waals surface area contributed by atoms with E-state index in [2.05, 4.69) is 5.16 Å². The lowest BCUT2D eigenvalue weighted by Gasteiger charge is -2.22. The third-order valence-electron chi connectivity index (χ3n) is 6.15. The number of hydrogen-bond donors (Lipinski definition) is 0. The fourth-order valence-corrected chi connectivity index (χ4v) is 4.32. The molecule has 0 radical (unpaired) electrons. The van der Waals surface area contributed by atoms with Crippen molar-refractivity contribution in [3.8, 4) is 5.75 Å². The molecule has 2 saturated heterocycles. The van der Waals surface area contributed by atoms with Gasteiger partial charge in [0.2, 0.25) is 5.67 Å². The molecular formula is C21H21F2N3O4. The first-order chi connectivity index (χ1) is 14.3. The van der Waals surface area contributed by atoms with Crippen LogP contribution in [0.4, 0.5) is 8.78 Å². The molecule has 5 rings (SSSR count). The van der Waals surface area contributed by atoms with Crippen LogP contribution in [0.25, 0.3) is 0 Å². The normalized spacial score (nSPS) is 28.2. The smallest absolute Gasteiger partial charge is 0.276 e. The molecular weight excluding hydrogens is 396 g/mol. The fraction of sp³-hybridized carbons (Fsp3) is 0.476. The number of likely N-dealkylation sites (tertiary alicyclic amines) is 2. The number of alkyl halides is 2. The molecule has 2 atom stereocenters. The zero-order chi connectivity index (χ0) is 21.1. The number of nitrogens with zero attached hydrogens (tertiary/aromatic N) is 3. The number of fused-ring (bicyclic) bond motifs is 1. The molecule has 1 saturated carbocycles. The van der Waals surface area contributed by atoms with Gasteiger partial charge in [-0.2, -0.15) is 0 Å². The third kappa shape index (κ3) is 2.86. The van der Waals surface area contributed by atoms with Crippen molar-refractivity contribution in [3.05, 3.63) is 47.3 Å². The second-order valence-corrected chi connectivity index (χ2v) is 8.33. The van der Waals surface area contributed by atoms with Crippen LogP contribution < -0.4 is 4.74 Å². The molecule has 2 amide bonds. The average molecular weight is 417 g/mol. The first-order valence-electron chi connectivity index (χ1n) is 9.89. The van der Waals surface area contributed by atoms with Gasteiger partial charge in [0, 0.05) is 18.5 Å². The Bertz CT molecular complexity index is 1020. The van der Waals surface area contributed by atoms with Crippen LogP contribution in [0.5, 0.6) is 5.75 Å². The lowest BCUT2D eigenvalue weighted by Crippen LogP contribution is -2.47. The minimum Gasteiger partial charge on any atom is -0.497 e. The molecule has 2 aliphatic heterocycles. The Balaban J connectivity index is 1.32. The Morgan fingerprint density at radius 1 is 1.27 bits per heavy atom. The highest BCUT2D eigenvalue weighted by molar-refractivity contribution is 5.96. The number of amides is 2.